The third kappa shape index (κ3) is 4.93. The van der Waals surface area contributed by atoms with E-state index in [1.54, 1.807) is 27.3 Å². The molecule has 2 N–H and O–H groups in total. The minimum atomic E-state index is -0.517. The summed E-state index contributed by atoms with van der Waals surface area (Å²) in [6.07, 6.45) is 1.48. The number of halogens is 1. The number of hydrogen-bond acceptors (Lipinski definition) is 4. The van der Waals surface area contributed by atoms with Crippen molar-refractivity contribution in [2.45, 2.75) is 19.8 Å². The van der Waals surface area contributed by atoms with Crippen molar-refractivity contribution in [3.05, 3.63) is 29.3 Å². The fourth-order valence-electron chi connectivity index (χ4n) is 3.05. The van der Waals surface area contributed by atoms with Gasteiger partial charge in [0.25, 0.3) is 5.91 Å². The maximum Gasteiger partial charge on any atom is 0.253 e. The lowest BCUT2D eigenvalue weighted by Gasteiger charge is -2.35. The van der Waals surface area contributed by atoms with Crippen LogP contribution in [-0.4, -0.2) is 57.6 Å². The molecule has 0 bridgehead atoms. The molecule has 140 valence electrons. The maximum atomic E-state index is 12.9. The Hall–Kier alpha value is -1.63. The van der Waals surface area contributed by atoms with E-state index in [9.17, 15) is 9.59 Å². The molecule has 1 aliphatic heterocycles. The smallest absolute Gasteiger partial charge is 0.253 e. The molecule has 0 saturated carbocycles. The van der Waals surface area contributed by atoms with Crippen molar-refractivity contribution in [1.29, 1.82) is 0 Å². The summed E-state index contributed by atoms with van der Waals surface area (Å²) in [7, 11) is 5.06. The van der Waals surface area contributed by atoms with Crippen LogP contribution in [0.4, 0.5) is 5.69 Å². The van der Waals surface area contributed by atoms with E-state index in [2.05, 4.69) is 10.6 Å². The van der Waals surface area contributed by atoms with Crippen LogP contribution in [0.3, 0.4) is 0 Å². The van der Waals surface area contributed by atoms with Crippen LogP contribution >= 0.6 is 12.4 Å². The molecule has 1 aliphatic rings. The highest BCUT2D eigenvalue weighted by Gasteiger charge is 2.39. The highest BCUT2D eigenvalue weighted by atomic mass is 35.5. The van der Waals surface area contributed by atoms with Crippen LogP contribution in [0, 0.1) is 12.3 Å². The number of amides is 2. The van der Waals surface area contributed by atoms with Gasteiger partial charge in [-0.15, -0.1) is 12.4 Å². The lowest BCUT2D eigenvalue weighted by atomic mass is 9.78. The van der Waals surface area contributed by atoms with Crippen LogP contribution in [0.25, 0.3) is 0 Å². The number of piperidine rings is 1. The van der Waals surface area contributed by atoms with Gasteiger partial charge in [0.05, 0.1) is 12.0 Å². The predicted octanol–water partition coefficient (Wildman–Crippen LogP) is 2.07. The van der Waals surface area contributed by atoms with Crippen molar-refractivity contribution in [2.24, 2.45) is 5.41 Å². The minimum Gasteiger partial charge on any atom is -0.384 e. The number of anilines is 1. The van der Waals surface area contributed by atoms with E-state index < -0.39 is 5.41 Å². The molecule has 0 aliphatic carbocycles. The van der Waals surface area contributed by atoms with E-state index in [0.717, 1.165) is 31.5 Å². The largest absolute Gasteiger partial charge is 0.384 e. The van der Waals surface area contributed by atoms with Gasteiger partial charge in [-0.25, -0.2) is 0 Å². The van der Waals surface area contributed by atoms with E-state index in [1.165, 1.54) is 4.90 Å². The molecular weight excluding hydrogens is 342 g/mol. The standard InChI is InChI=1S/C18H27N3O3.ClH/c1-13-5-6-14(11-15(13)16(22)21(2)3)20-17(23)18(12-24-4)7-9-19-10-8-18;/h5-6,11,19H,7-10,12H2,1-4H3,(H,20,23);1H. The second-order valence-electron chi connectivity index (χ2n) is 6.65. The van der Waals surface area contributed by atoms with Crippen molar-refractivity contribution < 1.29 is 14.3 Å². The van der Waals surface area contributed by atoms with E-state index in [0.29, 0.717) is 17.9 Å². The van der Waals surface area contributed by atoms with Crippen molar-refractivity contribution in [3.8, 4) is 0 Å². The number of ether oxygens (including phenoxy) is 1. The van der Waals surface area contributed by atoms with Crippen LogP contribution < -0.4 is 10.6 Å². The second-order valence-corrected chi connectivity index (χ2v) is 6.65. The van der Waals surface area contributed by atoms with Crippen LogP contribution in [-0.2, 0) is 9.53 Å². The molecule has 1 saturated heterocycles. The van der Waals surface area contributed by atoms with E-state index in [4.69, 9.17) is 4.74 Å². The molecule has 1 heterocycles. The van der Waals surface area contributed by atoms with E-state index in [1.807, 2.05) is 19.1 Å². The summed E-state index contributed by atoms with van der Waals surface area (Å²) < 4.78 is 5.31. The third-order valence-electron chi connectivity index (χ3n) is 4.59. The SMILES string of the molecule is COCC1(C(=O)Nc2ccc(C)c(C(=O)N(C)C)c2)CCNCC1.Cl. The number of rotatable bonds is 5. The maximum absolute atomic E-state index is 12.9. The van der Waals surface area contributed by atoms with Crippen LogP contribution in [0.5, 0.6) is 0 Å². The van der Waals surface area contributed by atoms with Crippen LogP contribution in [0.1, 0.15) is 28.8 Å². The van der Waals surface area contributed by atoms with Gasteiger partial charge in [0.15, 0.2) is 0 Å². The quantitative estimate of drug-likeness (QED) is 0.833. The van der Waals surface area contributed by atoms with E-state index in [-0.39, 0.29) is 24.2 Å². The summed E-state index contributed by atoms with van der Waals surface area (Å²) in [5, 5.41) is 6.26. The number of nitrogens with zero attached hydrogens (tertiary/aromatic N) is 1. The minimum absolute atomic E-state index is 0. The van der Waals surface area contributed by atoms with Crippen molar-refractivity contribution in [3.63, 3.8) is 0 Å². The normalized spacial score (nSPS) is 15.8. The van der Waals surface area contributed by atoms with Gasteiger partial charge in [-0.05, 0) is 50.6 Å². The van der Waals surface area contributed by atoms with Gasteiger partial charge >= 0.3 is 0 Å². The summed E-state index contributed by atoms with van der Waals surface area (Å²) in [4.78, 5) is 26.7. The fraction of sp³-hybridized carbons (Fsp3) is 0.556. The van der Waals surface area contributed by atoms with Gasteiger partial charge in [-0.2, -0.15) is 0 Å². The first kappa shape index (κ1) is 21.4. The van der Waals surface area contributed by atoms with Crippen LogP contribution in [0.2, 0.25) is 0 Å². The number of nitrogens with one attached hydrogen (secondary N) is 2. The summed E-state index contributed by atoms with van der Waals surface area (Å²) >= 11 is 0. The highest BCUT2D eigenvalue weighted by molar-refractivity contribution is 5.99. The monoisotopic (exact) mass is 369 g/mol. The fourth-order valence-corrected chi connectivity index (χ4v) is 3.05. The first-order chi connectivity index (χ1) is 11.4. The average Bonchev–Trinajstić information content (AvgIpc) is 2.57. The Balaban J connectivity index is 0.00000312. The van der Waals surface area contributed by atoms with Gasteiger partial charge in [0.1, 0.15) is 0 Å². The van der Waals surface area contributed by atoms with Gasteiger partial charge in [0, 0.05) is 32.5 Å². The summed E-state index contributed by atoms with van der Waals surface area (Å²) in [5.74, 6) is -0.116. The van der Waals surface area contributed by atoms with E-state index >= 15 is 0 Å². The van der Waals surface area contributed by atoms with Gasteiger partial charge in [-0.1, -0.05) is 6.07 Å². The lowest BCUT2D eigenvalue weighted by Crippen LogP contribution is -2.47. The molecule has 0 atom stereocenters. The number of benzene rings is 1. The van der Waals surface area contributed by atoms with Gasteiger partial charge < -0.3 is 20.3 Å². The Morgan fingerprint density at radius 3 is 2.48 bits per heavy atom. The third-order valence-corrected chi connectivity index (χ3v) is 4.59. The molecule has 7 heteroatoms. The number of carbonyl (C=O) groups is 2. The molecule has 1 aromatic rings. The van der Waals surface area contributed by atoms with Crippen molar-refractivity contribution >= 4 is 29.9 Å². The zero-order valence-corrected chi connectivity index (χ0v) is 16.2. The lowest BCUT2D eigenvalue weighted by molar-refractivity contribution is -0.130. The van der Waals surface area contributed by atoms with Crippen molar-refractivity contribution in [1.82, 2.24) is 10.2 Å². The Morgan fingerprint density at radius 2 is 1.92 bits per heavy atom. The highest BCUT2D eigenvalue weighted by Crippen LogP contribution is 2.31. The molecule has 0 unspecified atom stereocenters. The molecule has 0 aromatic heterocycles. The van der Waals surface area contributed by atoms with Gasteiger partial charge in [-0.3, -0.25) is 9.59 Å². The molecule has 0 spiro atoms. The van der Waals surface area contributed by atoms with Gasteiger partial charge in [0.2, 0.25) is 5.91 Å². The second kappa shape index (κ2) is 9.17. The number of aryl methyl sites for hydroxylation is 1. The molecule has 2 amide bonds. The Labute approximate surface area is 155 Å². The average molecular weight is 370 g/mol. The number of carbonyl (C=O) groups excluding carboxylic acids is 2. The molecule has 25 heavy (non-hydrogen) atoms. The van der Waals surface area contributed by atoms with Crippen LogP contribution in [0.15, 0.2) is 18.2 Å². The Kier molecular flexibility index (Phi) is 7.86. The number of hydrogen-bond donors (Lipinski definition) is 2. The molecule has 1 aromatic carbocycles. The Morgan fingerprint density at radius 1 is 1.28 bits per heavy atom. The first-order valence-electron chi connectivity index (χ1n) is 8.23. The molecule has 6 nitrogen and oxygen atoms in total. The predicted molar refractivity (Wildman–Crippen MR) is 101 cm³/mol. The Bertz CT molecular complexity index is 608. The van der Waals surface area contributed by atoms with Crippen molar-refractivity contribution in [2.75, 3.05) is 46.2 Å². The molecule has 1 fully saturated rings. The zero-order valence-electron chi connectivity index (χ0n) is 15.3. The number of methoxy groups -OCH3 is 1. The first-order valence-corrected chi connectivity index (χ1v) is 8.23. The zero-order chi connectivity index (χ0) is 17.7. The topological polar surface area (TPSA) is 70.7 Å². The molecule has 2 rings (SSSR count). The summed E-state index contributed by atoms with van der Waals surface area (Å²) in [6.45, 7) is 3.89. The molecule has 0 radical (unpaired) electrons. The summed E-state index contributed by atoms with van der Waals surface area (Å²) in [6, 6.07) is 5.44. The molecular formula is C18H28ClN3O3. The summed E-state index contributed by atoms with van der Waals surface area (Å²) in [5.41, 5.74) is 1.62.